The molecule has 2 unspecified atom stereocenters. The summed E-state index contributed by atoms with van der Waals surface area (Å²) >= 11 is 0. The Kier molecular flexibility index (Phi) is 3.11. The highest BCUT2D eigenvalue weighted by molar-refractivity contribution is 5.29. The zero-order valence-corrected chi connectivity index (χ0v) is 10.0. The third kappa shape index (κ3) is 2.82. The maximum absolute atomic E-state index is 2.34. The third-order valence-corrected chi connectivity index (χ3v) is 3.37. The summed E-state index contributed by atoms with van der Waals surface area (Å²) in [6.45, 7) is 3.48. The van der Waals surface area contributed by atoms with Gasteiger partial charge in [-0.2, -0.15) is 0 Å². The Morgan fingerprint density at radius 2 is 1.80 bits per heavy atom. The van der Waals surface area contributed by atoms with Crippen LogP contribution in [0.4, 0.5) is 0 Å². The molecule has 1 aliphatic rings. The molecule has 1 saturated carbocycles. The number of hydrogen-bond donors (Lipinski definition) is 0. The van der Waals surface area contributed by atoms with E-state index in [0.717, 1.165) is 24.8 Å². The molecule has 2 rings (SSSR count). The van der Waals surface area contributed by atoms with E-state index in [1.54, 1.807) is 0 Å². The molecule has 0 bridgehead atoms. The van der Waals surface area contributed by atoms with Crippen molar-refractivity contribution in [2.24, 2.45) is 5.92 Å². The van der Waals surface area contributed by atoms with Gasteiger partial charge in [-0.1, -0.05) is 31.2 Å². The van der Waals surface area contributed by atoms with Crippen LogP contribution < -0.4 is 0 Å². The van der Waals surface area contributed by atoms with Gasteiger partial charge < -0.3 is 4.90 Å². The predicted molar refractivity (Wildman–Crippen MR) is 65.2 cm³/mol. The Morgan fingerprint density at radius 1 is 1.20 bits per heavy atom. The number of benzene rings is 1. The largest absolute Gasteiger partial charge is 0.309 e. The Morgan fingerprint density at radius 3 is 2.27 bits per heavy atom. The van der Waals surface area contributed by atoms with Crippen molar-refractivity contribution in [1.29, 1.82) is 0 Å². The molecule has 0 heterocycles. The minimum absolute atomic E-state index is 0.855. The lowest BCUT2D eigenvalue weighted by molar-refractivity contribution is 0.413. The van der Waals surface area contributed by atoms with E-state index in [1.165, 1.54) is 17.5 Å². The smallest absolute Gasteiger partial charge is 0.00157 e. The first-order valence-electron chi connectivity index (χ1n) is 5.90. The van der Waals surface area contributed by atoms with Crippen molar-refractivity contribution < 1.29 is 0 Å². The van der Waals surface area contributed by atoms with Gasteiger partial charge in [0.1, 0.15) is 0 Å². The normalized spacial score (nSPS) is 24.5. The van der Waals surface area contributed by atoms with E-state index in [-0.39, 0.29) is 0 Å². The quantitative estimate of drug-likeness (QED) is 0.727. The van der Waals surface area contributed by atoms with Crippen molar-refractivity contribution in [3.05, 3.63) is 35.4 Å². The van der Waals surface area contributed by atoms with Crippen molar-refractivity contribution in [2.75, 3.05) is 20.6 Å². The Labute approximate surface area is 93.1 Å². The van der Waals surface area contributed by atoms with Gasteiger partial charge in [0.15, 0.2) is 0 Å². The van der Waals surface area contributed by atoms with Gasteiger partial charge in [0.2, 0.25) is 0 Å². The summed E-state index contributed by atoms with van der Waals surface area (Å²) in [5, 5.41) is 0. The molecule has 0 saturated heterocycles. The fourth-order valence-electron chi connectivity index (χ4n) is 2.07. The molecule has 0 N–H and O–H groups in total. The van der Waals surface area contributed by atoms with Gasteiger partial charge in [-0.3, -0.25) is 0 Å². The highest BCUT2D eigenvalue weighted by atomic mass is 15.0. The Hall–Kier alpha value is -0.820. The van der Waals surface area contributed by atoms with E-state index in [0.29, 0.717) is 0 Å². The number of hydrogen-bond acceptors (Lipinski definition) is 1. The molecule has 1 nitrogen and oxygen atoms in total. The van der Waals surface area contributed by atoms with E-state index >= 15 is 0 Å². The summed E-state index contributed by atoms with van der Waals surface area (Å²) in [5.74, 6) is 1.77. The third-order valence-electron chi connectivity index (χ3n) is 3.37. The molecule has 2 atom stereocenters. The van der Waals surface area contributed by atoms with Crippen molar-refractivity contribution >= 4 is 0 Å². The number of rotatable bonds is 4. The second kappa shape index (κ2) is 4.36. The Balaban J connectivity index is 1.92. The Bertz CT molecular complexity index is 313. The fraction of sp³-hybridized carbons (Fsp3) is 0.571. The van der Waals surface area contributed by atoms with Crippen LogP contribution in [0.1, 0.15) is 30.4 Å². The van der Waals surface area contributed by atoms with Crippen LogP contribution in [0.2, 0.25) is 0 Å². The van der Waals surface area contributed by atoms with Crippen molar-refractivity contribution in [1.82, 2.24) is 4.90 Å². The summed E-state index contributed by atoms with van der Waals surface area (Å²) in [4.78, 5) is 2.23. The minimum Gasteiger partial charge on any atom is -0.309 e. The number of nitrogens with zero attached hydrogens (tertiary/aromatic N) is 1. The summed E-state index contributed by atoms with van der Waals surface area (Å²) in [7, 11) is 4.25. The topological polar surface area (TPSA) is 3.24 Å². The van der Waals surface area contributed by atoms with Gasteiger partial charge in [-0.15, -0.1) is 0 Å². The van der Waals surface area contributed by atoms with Crippen molar-refractivity contribution in [3.8, 4) is 0 Å². The van der Waals surface area contributed by atoms with Gasteiger partial charge in [-0.05, 0) is 49.9 Å². The van der Waals surface area contributed by atoms with E-state index < -0.39 is 0 Å². The van der Waals surface area contributed by atoms with Crippen LogP contribution in [0.3, 0.4) is 0 Å². The molecule has 0 amide bonds. The highest BCUT2D eigenvalue weighted by Crippen LogP contribution is 2.46. The number of likely N-dealkylation sites (N-methyl/N-ethyl adjacent to an activating group) is 1. The van der Waals surface area contributed by atoms with E-state index in [9.17, 15) is 0 Å². The van der Waals surface area contributed by atoms with E-state index in [1.807, 2.05) is 0 Å². The fourth-order valence-corrected chi connectivity index (χ4v) is 2.07. The van der Waals surface area contributed by atoms with Crippen LogP contribution in [0, 0.1) is 5.92 Å². The van der Waals surface area contributed by atoms with Crippen LogP contribution >= 0.6 is 0 Å². The van der Waals surface area contributed by atoms with Gasteiger partial charge >= 0.3 is 0 Å². The van der Waals surface area contributed by atoms with Gasteiger partial charge in [0.25, 0.3) is 0 Å². The van der Waals surface area contributed by atoms with Crippen molar-refractivity contribution in [3.63, 3.8) is 0 Å². The second-order valence-electron chi connectivity index (χ2n) is 5.11. The average Bonchev–Trinajstić information content (AvgIpc) is 2.93. The van der Waals surface area contributed by atoms with Crippen LogP contribution in [0.5, 0.6) is 0 Å². The maximum atomic E-state index is 2.34. The monoisotopic (exact) mass is 203 g/mol. The molecule has 0 aromatic heterocycles. The molecule has 1 aromatic rings. The molecule has 1 fully saturated rings. The summed E-state index contributed by atoms with van der Waals surface area (Å²) in [5.41, 5.74) is 3.00. The molecule has 0 radical (unpaired) electrons. The second-order valence-corrected chi connectivity index (χ2v) is 5.11. The summed E-state index contributed by atoms with van der Waals surface area (Å²) in [6.07, 6.45) is 2.55. The first-order chi connectivity index (χ1) is 7.16. The van der Waals surface area contributed by atoms with Crippen LogP contribution in [0.25, 0.3) is 0 Å². The summed E-state index contributed by atoms with van der Waals surface area (Å²) < 4.78 is 0. The highest BCUT2D eigenvalue weighted by Gasteiger charge is 2.33. The molecular weight excluding hydrogens is 182 g/mol. The molecule has 1 heteroatoms. The SMILES string of the molecule is CC1CC1c1ccc(CCN(C)C)cc1. The van der Waals surface area contributed by atoms with E-state index in [4.69, 9.17) is 0 Å². The standard InChI is InChI=1S/C14H21N/c1-11-10-14(11)13-6-4-12(5-7-13)8-9-15(2)3/h4-7,11,14H,8-10H2,1-3H3. The molecule has 1 aromatic carbocycles. The zero-order valence-electron chi connectivity index (χ0n) is 10.0. The maximum Gasteiger partial charge on any atom is 0.00157 e. The molecule has 0 spiro atoms. The molecule has 0 aliphatic heterocycles. The lowest BCUT2D eigenvalue weighted by atomic mass is 10.1. The lowest BCUT2D eigenvalue weighted by Gasteiger charge is -2.09. The molecule has 82 valence electrons. The van der Waals surface area contributed by atoms with Gasteiger partial charge in [-0.25, -0.2) is 0 Å². The molecular formula is C14H21N. The first-order valence-corrected chi connectivity index (χ1v) is 5.90. The molecule has 1 aliphatic carbocycles. The van der Waals surface area contributed by atoms with Crippen LogP contribution in [-0.2, 0) is 6.42 Å². The zero-order chi connectivity index (χ0) is 10.8. The average molecular weight is 203 g/mol. The van der Waals surface area contributed by atoms with Crippen LogP contribution in [-0.4, -0.2) is 25.5 Å². The predicted octanol–water partition coefficient (Wildman–Crippen LogP) is 2.91. The molecule has 15 heavy (non-hydrogen) atoms. The summed E-state index contributed by atoms with van der Waals surface area (Å²) in [6, 6.07) is 9.23. The lowest BCUT2D eigenvalue weighted by Crippen LogP contribution is -2.14. The van der Waals surface area contributed by atoms with Gasteiger partial charge in [0.05, 0.1) is 0 Å². The van der Waals surface area contributed by atoms with Crippen LogP contribution in [0.15, 0.2) is 24.3 Å². The van der Waals surface area contributed by atoms with Gasteiger partial charge in [0, 0.05) is 6.54 Å². The first kappa shape index (κ1) is 10.7. The van der Waals surface area contributed by atoms with E-state index in [2.05, 4.69) is 50.2 Å². The van der Waals surface area contributed by atoms with Crippen molar-refractivity contribution in [2.45, 2.75) is 25.7 Å². The minimum atomic E-state index is 0.855.